The van der Waals surface area contributed by atoms with E-state index >= 15 is 0 Å². The molecule has 2 atom stereocenters. The Morgan fingerprint density at radius 1 is 1.42 bits per heavy atom. The molecule has 1 saturated heterocycles. The van der Waals surface area contributed by atoms with Crippen LogP contribution in [0.4, 0.5) is 4.39 Å². The molecule has 2 unspecified atom stereocenters. The molecule has 3 heteroatoms. The summed E-state index contributed by atoms with van der Waals surface area (Å²) in [7, 11) is 0. The van der Waals surface area contributed by atoms with Gasteiger partial charge in [-0.25, -0.2) is 4.39 Å². The van der Waals surface area contributed by atoms with Gasteiger partial charge < -0.3 is 10.1 Å². The third-order valence-corrected chi connectivity index (χ3v) is 1.85. The summed E-state index contributed by atoms with van der Waals surface area (Å²) in [6, 6.07) is 0. The number of hydrogen-bond acceptors (Lipinski definition) is 2. The summed E-state index contributed by atoms with van der Waals surface area (Å²) < 4.78 is 18.8. The Morgan fingerprint density at radius 3 is 2.58 bits per heavy atom. The Hall–Kier alpha value is -0.150. The lowest BCUT2D eigenvalue weighted by molar-refractivity contribution is -0.0978. The molecule has 1 fully saturated rings. The maximum absolute atomic E-state index is 13.2. The lowest BCUT2D eigenvalue weighted by atomic mass is 10.1. The first kappa shape index (κ1) is 9.93. The number of hydrogen-bond donors (Lipinski definition) is 1. The van der Waals surface area contributed by atoms with Gasteiger partial charge in [0.2, 0.25) is 0 Å². The highest BCUT2D eigenvalue weighted by molar-refractivity contribution is 4.80. The van der Waals surface area contributed by atoms with Crippen LogP contribution in [0.1, 0.15) is 27.2 Å². The van der Waals surface area contributed by atoms with Crippen LogP contribution in [0, 0.1) is 0 Å². The highest BCUT2D eigenvalue weighted by Crippen LogP contribution is 2.18. The molecular formula is C9H18FNO. The van der Waals surface area contributed by atoms with Crippen LogP contribution >= 0.6 is 0 Å². The molecular weight excluding hydrogens is 157 g/mol. The Balaban J connectivity index is 2.39. The van der Waals surface area contributed by atoms with Gasteiger partial charge in [0.15, 0.2) is 0 Å². The lowest BCUT2D eigenvalue weighted by Crippen LogP contribution is -2.46. The second-order valence-corrected chi connectivity index (χ2v) is 4.28. The average Bonchev–Trinajstić information content (AvgIpc) is 1.91. The van der Waals surface area contributed by atoms with Crippen LogP contribution in [0.5, 0.6) is 0 Å². The number of piperidine rings is 1. The molecule has 0 aromatic carbocycles. The summed E-state index contributed by atoms with van der Waals surface area (Å²) >= 11 is 0. The van der Waals surface area contributed by atoms with Gasteiger partial charge >= 0.3 is 0 Å². The normalized spacial score (nSPS) is 32.0. The third-order valence-electron chi connectivity index (χ3n) is 1.85. The van der Waals surface area contributed by atoms with Gasteiger partial charge in [-0.2, -0.15) is 0 Å². The van der Waals surface area contributed by atoms with Gasteiger partial charge in [0.25, 0.3) is 0 Å². The molecule has 0 bridgehead atoms. The SMILES string of the molecule is CC(C)(C)OC1CNCCC1F. The highest BCUT2D eigenvalue weighted by atomic mass is 19.1. The summed E-state index contributed by atoms with van der Waals surface area (Å²) in [6.45, 7) is 7.26. The Morgan fingerprint density at radius 2 is 2.08 bits per heavy atom. The highest BCUT2D eigenvalue weighted by Gasteiger charge is 2.28. The van der Waals surface area contributed by atoms with Crippen LogP contribution in [0.15, 0.2) is 0 Å². The van der Waals surface area contributed by atoms with E-state index in [0.29, 0.717) is 13.0 Å². The molecule has 0 radical (unpaired) electrons. The lowest BCUT2D eigenvalue weighted by Gasteiger charge is -2.32. The minimum atomic E-state index is -0.800. The third kappa shape index (κ3) is 3.07. The molecule has 0 saturated carbocycles. The van der Waals surface area contributed by atoms with E-state index in [1.807, 2.05) is 20.8 Å². The van der Waals surface area contributed by atoms with Crippen LogP contribution in [0.25, 0.3) is 0 Å². The van der Waals surface area contributed by atoms with Crippen LogP contribution < -0.4 is 5.32 Å². The van der Waals surface area contributed by atoms with Crippen LogP contribution in [0.2, 0.25) is 0 Å². The van der Waals surface area contributed by atoms with Crippen molar-refractivity contribution in [1.82, 2.24) is 5.32 Å². The van der Waals surface area contributed by atoms with E-state index in [2.05, 4.69) is 5.32 Å². The average molecular weight is 175 g/mol. The van der Waals surface area contributed by atoms with Crippen molar-refractivity contribution in [2.45, 2.75) is 45.1 Å². The predicted octanol–water partition coefficient (Wildman–Crippen LogP) is 1.50. The van der Waals surface area contributed by atoms with Gasteiger partial charge in [-0.15, -0.1) is 0 Å². The second-order valence-electron chi connectivity index (χ2n) is 4.28. The van der Waals surface area contributed by atoms with E-state index in [4.69, 9.17) is 4.74 Å². The number of ether oxygens (including phenoxy) is 1. The van der Waals surface area contributed by atoms with Crippen molar-refractivity contribution in [3.63, 3.8) is 0 Å². The number of rotatable bonds is 1. The number of halogens is 1. The largest absolute Gasteiger partial charge is 0.368 e. The zero-order valence-electron chi connectivity index (χ0n) is 8.06. The second kappa shape index (κ2) is 3.71. The Bertz CT molecular complexity index is 144. The fourth-order valence-corrected chi connectivity index (χ4v) is 1.37. The predicted molar refractivity (Wildman–Crippen MR) is 47.0 cm³/mol. The summed E-state index contributed by atoms with van der Waals surface area (Å²) in [5.41, 5.74) is -0.242. The molecule has 0 aromatic rings. The fraction of sp³-hybridized carbons (Fsp3) is 1.00. The molecule has 0 aliphatic carbocycles. The minimum absolute atomic E-state index is 0.242. The van der Waals surface area contributed by atoms with Gasteiger partial charge in [-0.3, -0.25) is 0 Å². The quantitative estimate of drug-likeness (QED) is 0.652. The van der Waals surface area contributed by atoms with Gasteiger partial charge in [0.05, 0.1) is 5.60 Å². The molecule has 2 nitrogen and oxygen atoms in total. The Labute approximate surface area is 73.5 Å². The zero-order valence-corrected chi connectivity index (χ0v) is 8.06. The van der Waals surface area contributed by atoms with Gasteiger partial charge in [-0.05, 0) is 33.7 Å². The standard InChI is InChI=1S/C9H18FNO/c1-9(2,3)12-8-6-11-5-4-7(8)10/h7-8,11H,4-6H2,1-3H3. The van der Waals surface area contributed by atoms with Gasteiger partial charge in [0.1, 0.15) is 12.3 Å². The van der Waals surface area contributed by atoms with Crippen molar-refractivity contribution < 1.29 is 9.13 Å². The summed E-state index contributed by atoms with van der Waals surface area (Å²) in [6.07, 6.45) is -0.495. The molecule has 12 heavy (non-hydrogen) atoms. The van der Waals surface area contributed by atoms with E-state index in [9.17, 15) is 4.39 Å². The Kier molecular flexibility index (Phi) is 3.07. The van der Waals surface area contributed by atoms with Crippen molar-refractivity contribution in [2.24, 2.45) is 0 Å². The monoisotopic (exact) mass is 175 g/mol. The molecule has 72 valence electrons. The first-order chi connectivity index (χ1) is 5.49. The zero-order chi connectivity index (χ0) is 9.19. The van der Waals surface area contributed by atoms with Crippen LogP contribution in [-0.2, 0) is 4.74 Å². The van der Waals surface area contributed by atoms with E-state index in [0.717, 1.165) is 6.54 Å². The summed E-state index contributed by atoms with van der Waals surface area (Å²) in [4.78, 5) is 0. The molecule has 1 rings (SSSR count). The van der Waals surface area contributed by atoms with Crippen molar-refractivity contribution in [1.29, 1.82) is 0 Å². The fourth-order valence-electron chi connectivity index (χ4n) is 1.37. The van der Waals surface area contributed by atoms with E-state index in [-0.39, 0.29) is 11.7 Å². The van der Waals surface area contributed by atoms with Gasteiger partial charge in [-0.1, -0.05) is 0 Å². The molecule has 1 aliphatic heterocycles. The molecule has 1 N–H and O–H groups in total. The number of nitrogens with one attached hydrogen (secondary N) is 1. The van der Waals surface area contributed by atoms with Crippen molar-refractivity contribution in [3.05, 3.63) is 0 Å². The number of alkyl halides is 1. The first-order valence-corrected chi connectivity index (χ1v) is 4.51. The minimum Gasteiger partial charge on any atom is -0.368 e. The van der Waals surface area contributed by atoms with Gasteiger partial charge in [0, 0.05) is 6.54 Å². The van der Waals surface area contributed by atoms with Crippen molar-refractivity contribution >= 4 is 0 Å². The molecule has 0 spiro atoms. The van der Waals surface area contributed by atoms with Crippen LogP contribution in [-0.4, -0.2) is 31.0 Å². The smallest absolute Gasteiger partial charge is 0.129 e. The summed E-state index contributed by atoms with van der Waals surface area (Å²) in [5, 5.41) is 3.12. The maximum atomic E-state index is 13.2. The van der Waals surface area contributed by atoms with E-state index in [1.54, 1.807) is 0 Å². The molecule has 0 amide bonds. The van der Waals surface area contributed by atoms with Crippen molar-refractivity contribution in [2.75, 3.05) is 13.1 Å². The molecule has 0 aromatic heterocycles. The maximum Gasteiger partial charge on any atom is 0.129 e. The van der Waals surface area contributed by atoms with E-state index < -0.39 is 6.17 Å². The molecule has 1 aliphatic rings. The van der Waals surface area contributed by atoms with Crippen molar-refractivity contribution in [3.8, 4) is 0 Å². The van der Waals surface area contributed by atoms with Crippen LogP contribution in [0.3, 0.4) is 0 Å². The first-order valence-electron chi connectivity index (χ1n) is 4.51. The topological polar surface area (TPSA) is 21.3 Å². The van der Waals surface area contributed by atoms with E-state index in [1.165, 1.54) is 0 Å². The molecule has 1 heterocycles. The summed E-state index contributed by atoms with van der Waals surface area (Å²) in [5.74, 6) is 0.